The molecule has 2 fully saturated rings. The summed E-state index contributed by atoms with van der Waals surface area (Å²) in [4.78, 5) is 12.1. The van der Waals surface area contributed by atoms with Crippen LogP contribution in [0.3, 0.4) is 0 Å². The number of alkyl carbamates (subject to hydrolysis) is 1. The van der Waals surface area contributed by atoms with Crippen LogP contribution < -0.4 is 26.6 Å². The number of hydrogen-bond acceptors (Lipinski definition) is 8. The Morgan fingerprint density at radius 1 is 1.33 bits per heavy atom. The van der Waals surface area contributed by atoms with E-state index >= 15 is 0 Å². The van der Waals surface area contributed by atoms with Crippen molar-refractivity contribution in [1.29, 1.82) is 0 Å². The second-order valence-corrected chi connectivity index (χ2v) is 10.5. The van der Waals surface area contributed by atoms with Gasteiger partial charge in [-0.2, -0.15) is 10.2 Å². The van der Waals surface area contributed by atoms with Gasteiger partial charge in [-0.3, -0.25) is 4.68 Å². The molecule has 1 aromatic heterocycles. The van der Waals surface area contributed by atoms with Crippen molar-refractivity contribution < 1.29 is 19.0 Å². The first-order chi connectivity index (χ1) is 17.5. The highest BCUT2D eigenvalue weighted by Crippen LogP contribution is 2.33. The molecule has 1 saturated carbocycles. The van der Waals surface area contributed by atoms with Crippen LogP contribution in [0.5, 0.6) is 0 Å². The number of carbonyl (C=O) groups is 1. The van der Waals surface area contributed by atoms with Crippen LogP contribution in [0.15, 0.2) is 5.10 Å². The van der Waals surface area contributed by atoms with E-state index in [-0.39, 0.29) is 30.4 Å². The molecule has 0 radical (unpaired) electrons. The van der Waals surface area contributed by atoms with Crippen molar-refractivity contribution in [3.63, 3.8) is 0 Å². The van der Waals surface area contributed by atoms with Crippen LogP contribution in [0, 0.1) is 5.92 Å². The first-order valence-electron chi connectivity index (χ1n) is 13.5. The molecule has 3 N–H and O–H groups in total. The highest BCUT2D eigenvalue weighted by atomic mass is 16.6. The number of nitrogens with zero attached hydrogens (tertiary/aromatic N) is 3. The Labute approximate surface area is 212 Å². The SMILES string of the molecule is CCC(C)NC(=O)OC1CCC(C2CC(NC3=c4c(c(COC5CCOC5)nn4C)=CCC3)=NN2)C1. The number of amides is 1. The first kappa shape index (κ1) is 25.1. The van der Waals surface area contributed by atoms with E-state index in [9.17, 15) is 4.79 Å². The summed E-state index contributed by atoms with van der Waals surface area (Å²) in [5.74, 6) is 1.40. The fraction of sp³-hybridized carbons (Fsp3) is 0.731. The molecule has 2 aliphatic carbocycles. The van der Waals surface area contributed by atoms with Crippen LogP contribution in [0.25, 0.3) is 11.8 Å². The molecule has 4 aliphatic rings. The number of ether oxygens (including phenoxy) is 3. The van der Waals surface area contributed by atoms with Crippen molar-refractivity contribution in [3.05, 3.63) is 16.3 Å². The Balaban J connectivity index is 1.17. The molecule has 5 rings (SSSR count). The van der Waals surface area contributed by atoms with Crippen molar-refractivity contribution in [1.82, 2.24) is 25.8 Å². The topological polar surface area (TPSA) is 111 Å². The van der Waals surface area contributed by atoms with E-state index < -0.39 is 0 Å². The molecular formula is C26H40N6O4. The van der Waals surface area contributed by atoms with Gasteiger partial charge in [0.2, 0.25) is 0 Å². The zero-order chi connectivity index (χ0) is 25.1. The molecule has 1 aromatic rings. The lowest BCUT2D eigenvalue weighted by molar-refractivity contribution is 0.0296. The Morgan fingerprint density at radius 2 is 2.22 bits per heavy atom. The molecule has 1 saturated heterocycles. The van der Waals surface area contributed by atoms with Gasteiger partial charge in [0, 0.05) is 37.0 Å². The van der Waals surface area contributed by atoms with Crippen molar-refractivity contribution in [2.75, 3.05) is 13.2 Å². The quantitative estimate of drug-likeness (QED) is 0.494. The number of nitrogens with one attached hydrogen (secondary N) is 3. The summed E-state index contributed by atoms with van der Waals surface area (Å²) in [6.45, 7) is 5.99. The fourth-order valence-corrected chi connectivity index (χ4v) is 5.64. The third-order valence-electron chi connectivity index (χ3n) is 7.85. The number of hydrazone groups is 1. The van der Waals surface area contributed by atoms with E-state index in [2.05, 4.69) is 27.2 Å². The van der Waals surface area contributed by atoms with Crippen LogP contribution in [-0.2, 0) is 27.9 Å². The van der Waals surface area contributed by atoms with Gasteiger partial charge >= 0.3 is 6.09 Å². The van der Waals surface area contributed by atoms with Gasteiger partial charge < -0.3 is 30.3 Å². The number of aryl methyl sites for hydroxylation is 1. The first-order valence-corrected chi connectivity index (χ1v) is 13.5. The summed E-state index contributed by atoms with van der Waals surface area (Å²) in [6, 6.07) is 0.395. The molecule has 2 aliphatic heterocycles. The number of rotatable bonds is 8. The number of hydrogen-bond donors (Lipinski definition) is 3. The molecule has 0 bridgehead atoms. The molecule has 36 heavy (non-hydrogen) atoms. The predicted octanol–water partition coefficient (Wildman–Crippen LogP) is 1.37. The van der Waals surface area contributed by atoms with E-state index in [0.29, 0.717) is 19.1 Å². The Bertz CT molecular complexity index is 1090. The van der Waals surface area contributed by atoms with Crippen LogP contribution >= 0.6 is 0 Å². The minimum absolute atomic E-state index is 0.0189. The Kier molecular flexibility index (Phi) is 7.81. The molecule has 0 spiro atoms. The summed E-state index contributed by atoms with van der Waals surface area (Å²) < 4.78 is 19.1. The highest BCUT2D eigenvalue weighted by molar-refractivity contribution is 5.89. The van der Waals surface area contributed by atoms with Gasteiger partial charge in [0.1, 0.15) is 11.9 Å². The van der Waals surface area contributed by atoms with Gasteiger partial charge in [0.05, 0.1) is 36.4 Å². The number of carbonyl (C=O) groups excluding carboxylic acids is 1. The predicted molar refractivity (Wildman–Crippen MR) is 136 cm³/mol. The Morgan fingerprint density at radius 3 is 3.03 bits per heavy atom. The zero-order valence-electron chi connectivity index (χ0n) is 21.7. The van der Waals surface area contributed by atoms with Gasteiger partial charge in [0.15, 0.2) is 0 Å². The molecule has 5 unspecified atom stereocenters. The van der Waals surface area contributed by atoms with Gasteiger partial charge in [-0.25, -0.2) is 4.79 Å². The maximum Gasteiger partial charge on any atom is 0.407 e. The van der Waals surface area contributed by atoms with Crippen molar-refractivity contribution >= 4 is 23.7 Å². The lowest BCUT2D eigenvalue weighted by Crippen LogP contribution is -2.40. The van der Waals surface area contributed by atoms with Crippen LogP contribution in [0.4, 0.5) is 4.79 Å². The largest absolute Gasteiger partial charge is 0.446 e. The van der Waals surface area contributed by atoms with Gasteiger partial charge in [-0.1, -0.05) is 13.0 Å². The summed E-state index contributed by atoms with van der Waals surface area (Å²) in [6.07, 6.45) is 9.51. The van der Waals surface area contributed by atoms with E-state index in [1.54, 1.807) is 0 Å². The molecule has 5 atom stereocenters. The molecule has 3 heterocycles. The maximum absolute atomic E-state index is 12.1. The summed E-state index contributed by atoms with van der Waals surface area (Å²) in [7, 11) is 2.00. The van der Waals surface area contributed by atoms with Crippen molar-refractivity contribution in [2.24, 2.45) is 18.1 Å². The standard InChI is InChI=1S/C26H40N6O4/c1-4-16(2)27-26(33)36-18-9-8-17(12-18)22-13-24(30-29-22)28-21-7-5-6-20-23(31-32(3)25(20)21)15-35-19-10-11-34-14-19/h6,16-19,22,29H,4-5,7-15H2,1-3H3,(H,27,33)(H,28,30). The number of aromatic nitrogens is 2. The number of amidine groups is 1. The zero-order valence-corrected chi connectivity index (χ0v) is 21.7. The summed E-state index contributed by atoms with van der Waals surface area (Å²) in [5, 5.41) is 18.2. The molecule has 10 heteroatoms. The third kappa shape index (κ3) is 5.70. The highest BCUT2D eigenvalue weighted by Gasteiger charge is 2.36. The second kappa shape index (κ2) is 11.2. The van der Waals surface area contributed by atoms with E-state index in [4.69, 9.17) is 19.3 Å². The Hall–Kier alpha value is -2.59. The van der Waals surface area contributed by atoms with Crippen molar-refractivity contribution in [3.8, 4) is 0 Å². The molecule has 1 amide bonds. The van der Waals surface area contributed by atoms with Crippen LogP contribution in [0.1, 0.15) is 70.9 Å². The lowest BCUT2D eigenvalue weighted by Gasteiger charge is -2.19. The minimum Gasteiger partial charge on any atom is -0.446 e. The van der Waals surface area contributed by atoms with Crippen molar-refractivity contribution in [2.45, 2.75) is 96.1 Å². The van der Waals surface area contributed by atoms with Gasteiger partial charge in [-0.15, -0.1) is 0 Å². The fourth-order valence-electron chi connectivity index (χ4n) is 5.64. The summed E-state index contributed by atoms with van der Waals surface area (Å²) in [5.41, 5.74) is 5.49. The second-order valence-electron chi connectivity index (χ2n) is 10.5. The van der Waals surface area contributed by atoms with Crippen LogP contribution in [-0.4, -0.2) is 59.2 Å². The minimum atomic E-state index is -0.299. The van der Waals surface area contributed by atoms with Crippen LogP contribution in [0.2, 0.25) is 0 Å². The smallest absolute Gasteiger partial charge is 0.407 e. The van der Waals surface area contributed by atoms with Gasteiger partial charge in [0.25, 0.3) is 0 Å². The lowest BCUT2D eigenvalue weighted by atomic mass is 9.96. The van der Waals surface area contributed by atoms with E-state index in [1.165, 1.54) is 5.22 Å². The molecule has 10 nitrogen and oxygen atoms in total. The average molecular weight is 501 g/mol. The maximum atomic E-state index is 12.1. The average Bonchev–Trinajstić information content (AvgIpc) is 3.66. The van der Waals surface area contributed by atoms with E-state index in [0.717, 1.165) is 80.5 Å². The third-order valence-corrected chi connectivity index (χ3v) is 7.85. The molecule has 0 aromatic carbocycles. The number of fused-ring (bicyclic) bond motifs is 1. The monoisotopic (exact) mass is 500 g/mol. The van der Waals surface area contributed by atoms with Gasteiger partial charge in [-0.05, 0) is 57.8 Å². The molecular weight excluding hydrogens is 460 g/mol. The normalized spacial score (nSPS) is 28.2. The molecule has 198 valence electrons. The van der Waals surface area contributed by atoms with E-state index in [1.807, 2.05) is 25.6 Å². The summed E-state index contributed by atoms with van der Waals surface area (Å²) >= 11 is 0.